The summed E-state index contributed by atoms with van der Waals surface area (Å²) < 4.78 is 26.8. The van der Waals surface area contributed by atoms with E-state index in [0.29, 0.717) is 29.3 Å². The van der Waals surface area contributed by atoms with Gasteiger partial charge in [0.2, 0.25) is 10.0 Å². The molecular weight excluding hydrogens is 296 g/mol. The van der Waals surface area contributed by atoms with Gasteiger partial charge in [-0.25, -0.2) is 8.42 Å². The molecule has 1 spiro atoms. The third kappa shape index (κ3) is 2.51. The number of rotatable bonds is 3. The van der Waals surface area contributed by atoms with E-state index in [1.54, 1.807) is 16.6 Å². The van der Waals surface area contributed by atoms with Crippen molar-refractivity contribution in [2.75, 3.05) is 13.1 Å². The molecule has 20 heavy (non-hydrogen) atoms. The van der Waals surface area contributed by atoms with Crippen LogP contribution in [-0.2, 0) is 15.9 Å². The molecule has 4 nitrogen and oxygen atoms in total. The van der Waals surface area contributed by atoms with E-state index in [1.807, 2.05) is 0 Å². The van der Waals surface area contributed by atoms with Gasteiger partial charge in [-0.1, -0.05) is 12.8 Å². The molecule has 0 amide bonds. The lowest BCUT2D eigenvalue weighted by Crippen LogP contribution is -2.42. The van der Waals surface area contributed by atoms with E-state index < -0.39 is 10.0 Å². The van der Waals surface area contributed by atoms with Crippen LogP contribution < -0.4 is 0 Å². The molecule has 112 valence electrons. The second kappa shape index (κ2) is 5.35. The summed E-state index contributed by atoms with van der Waals surface area (Å²) in [6.07, 6.45) is 8.75. The third-order valence-electron chi connectivity index (χ3n) is 4.95. The van der Waals surface area contributed by atoms with Crippen molar-refractivity contribution >= 4 is 21.6 Å². The predicted octanol–water partition coefficient (Wildman–Crippen LogP) is 3.10. The van der Waals surface area contributed by atoms with Crippen molar-refractivity contribution in [3.8, 4) is 0 Å². The zero-order valence-electron chi connectivity index (χ0n) is 11.6. The lowest BCUT2D eigenvalue weighted by atomic mass is 9.78. The van der Waals surface area contributed by atoms with Crippen LogP contribution in [0.25, 0.3) is 0 Å². The minimum atomic E-state index is -3.35. The van der Waals surface area contributed by atoms with Gasteiger partial charge in [0.15, 0.2) is 0 Å². The van der Waals surface area contributed by atoms with Crippen LogP contribution in [0.4, 0.5) is 0 Å². The van der Waals surface area contributed by atoms with Crippen LogP contribution in [0.1, 0.15) is 44.2 Å². The highest BCUT2D eigenvalue weighted by Crippen LogP contribution is 2.46. The predicted molar refractivity (Wildman–Crippen MR) is 79.2 cm³/mol. The number of sulfonamides is 1. The lowest BCUT2D eigenvalue weighted by molar-refractivity contribution is 0.160. The number of halogens is 1. The molecule has 1 aromatic heterocycles. The molecule has 1 aromatic rings. The molecule has 0 radical (unpaired) electrons. The van der Waals surface area contributed by atoms with Gasteiger partial charge in [-0.15, -0.1) is 11.6 Å². The maximum Gasteiger partial charge on any atom is 0.244 e. The second-order valence-electron chi connectivity index (χ2n) is 6.11. The van der Waals surface area contributed by atoms with Gasteiger partial charge in [-0.05, 0) is 37.2 Å². The molecule has 3 rings (SSSR count). The highest BCUT2D eigenvalue weighted by Gasteiger charge is 2.40. The Kier molecular flexibility index (Phi) is 3.86. The average molecular weight is 317 g/mol. The van der Waals surface area contributed by atoms with Gasteiger partial charge in [0, 0.05) is 25.0 Å². The van der Waals surface area contributed by atoms with Gasteiger partial charge in [0.1, 0.15) is 0 Å². The molecule has 2 heterocycles. The summed E-state index contributed by atoms with van der Waals surface area (Å²) in [5, 5.41) is 0. The first-order valence-electron chi connectivity index (χ1n) is 7.29. The summed E-state index contributed by atoms with van der Waals surface area (Å²) >= 11 is 5.72. The quantitative estimate of drug-likeness (QED) is 0.871. The smallest absolute Gasteiger partial charge is 0.244 e. The number of H-pyrrole nitrogens is 1. The third-order valence-corrected chi connectivity index (χ3v) is 7.11. The van der Waals surface area contributed by atoms with Crippen LogP contribution in [-0.4, -0.2) is 30.8 Å². The Bertz CT molecular complexity index is 566. The van der Waals surface area contributed by atoms with Crippen molar-refractivity contribution < 1.29 is 8.42 Å². The van der Waals surface area contributed by atoms with Crippen LogP contribution in [0, 0.1) is 5.41 Å². The van der Waals surface area contributed by atoms with E-state index in [9.17, 15) is 8.42 Å². The van der Waals surface area contributed by atoms with E-state index in [2.05, 4.69) is 4.98 Å². The topological polar surface area (TPSA) is 53.2 Å². The highest BCUT2D eigenvalue weighted by atomic mass is 35.5. The Morgan fingerprint density at radius 2 is 1.85 bits per heavy atom. The normalized spacial score (nSPS) is 23.4. The van der Waals surface area contributed by atoms with Gasteiger partial charge < -0.3 is 4.98 Å². The molecule has 1 aliphatic carbocycles. The average Bonchev–Trinajstić information content (AvgIpc) is 3.09. The molecule has 0 atom stereocenters. The largest absolute Gasteiger partial charge is 0.363 e. The summed E-state index contributed by atoms with van der Waals surface area (Å²) in [5.74, 6) is 0.304. The Morgan fingerprint density at radius 3 is 2.40 bits per heavy atom. The summed E-state index contributed by atoms with van der Waals surface area (Å²) in [6.45, 7) is 1.31. The summed E-state index contributed by atoms with van der Waals surface area (Å²) in [7, 11) is -3.35. The van der Waals surface area contributed by atoms with Gasteiger partial charge in [0.05, 0.1) is 10.8 Å². The number of aromatic amines is 1. The number of piperidine rings is 1. The molecule has 6 heteroatoms. The van der Waals surface area contributed by atoms with Crippen molar-refractivity contribution in [2.24, 2.45) is 5.41 Å². The van der Waals surface area contributed by atoms with E-state index >= 15 is 0 Å². The van der Waals surface area contributed by atoms with Crippen molar-refractivity contribution in [3.63, 3.8) is 0 Å². The number of nitrogens with zero attached hydrogens (tertiary/aromatic N) is 1. The molecule has 2 fully saturated rings. The number of nitrogens with one attached hydrogen (secondary N) is 1. The molecule has 0 aromatic carbocycles. The fourth-order valence-electron chi connectivity index (χ4n) is 3.62. The summed E-state index contributed by atoms with van der Waals surface area (Å²) in [6, 6.07) is 1.64. The van der Waals surface area contributed by atoms with Crippen LogP contribution in [0.15, 0.2) is 17.2 Å². The van der Waals surface area contributed by atoms with E-state index in [-0.39, 0.29) is 0 Å². The Labute approximate surface area is 125 Å². The molecule has 0 unspecified atom stereocenters. The molecular formula is C14H21ClN2O2S. The standard InChI is InChI=1S/C14H21ClN2O2S/c15-10-12-9-13(11-16-12)20(18,19)17-7-5-14(6-8-17)3-1-2-4-14/h9,11,16H,1-8,10H2. The summed E-state index contributed by atoms with van der Waals surface area (Å²) in [4.78, 5) is 3.25. The number of hydrogen-bond donors (Lipinski definition) is 1. The van der Waals surface area contributed by atoms with Crippen LogP contribution in [0.3, 0.4) is 0 Å². The molecule has 1 aliphatic heterocycles. The minimum absolute atomic E-state index is 0.304. The first-order chi connectivity index (χ1) is 9.56. The van der Waals surface area contributed by atoms with Crippen LogP contribution in [0.2, 0.25) is 0 Å². The second-order valence-corrected chi connectivity index (χ2v) is 8.31. The van der Waals surface area contributed by atoms with Crippen molar-refractivity contribution in [2.45, 2.75) is 49.3 Å². The number of alkyl halides is 1. The maximum atomic E-state index is 12.6. The zero-order chi connectivity index (χ0) is 14.2. The van der Waals surface area contributed by atoms with E-state index in [4.69, 9.17) is 11.6 Å². The molecule has 2 aliphatic rings. The van der Waals surface area contributed by atoms with Crippen molar-refractivity contribution in [1.29, 1.82) is 0 Å². The SMILES string of the molecule is O=S(=O)(c1c[nH]c(CCl)c1)N1CCC2(CCCC2)CC1. The lowest BCUT2D eigenvalue weighted by Gasteiger charge is -2.38. The van der Waals surface area contributed by atoms with Crippen molar-refractivity contribution in [3.05, 3.63) is 18.0 Å². The van der Waals surface area contributed by atoms with Gasteiger partial charge in [-0.3, -0.25) is 0 Å². The van der Waals surface area contributed by atoms with Crippen LogP contribution in [0.5, 0.6) is 0 Å². The van der Waals surface area contributed by atoms with Crippen LogP contribution >= 0.6 is 11.6 Å². The van der Waals surface area contributed by atoms with Crippen molar-refractivity contribution in [1.82, 2.24) is 9.29 Å². The molecule has 1 N–H and O–H groups in total. The fourth-order valence-corrected chi connectivity index (χ4v) is 5.23. The minimum Gasteiger partial charge on any atom is -0.363 e. The highest BCUT2D eigenvalue weighted by molar-refractivity contribution is 7.89. The van der Waals surface area contributed by atoms with E-state index in [0.717, 1.165) is 18.5 Å². The van der Waals surface area contributed by atoms with Gasteiger partial charge in [0.25, 0.3) is 0 Å². The first-order valence-corrected chi connectivity index (χ1v) is 9.27. The maximum absolute atomic E-state index is 12.6. The van der Waals surface area contributed by atoms with Gasteiger partial charge in [-0.2, -0.15) is 4.31 Å². The Morgan fingerprint density at radius 1 is 1.20 bits per heavy atom. The number of aromatic nitrogens is 1. The van der Waals surface area contributed by atoms with E-state index in [1.165, 1.54) is 25.7 Å². The van der Waals surface area contributed by atoms with Gasteiger partial charge >= 0.3 is 0 Å². The fraction of sp³-hybridized carbons (Fsp3) is 0.714. The Hall–Kier alpha value is -0.520. The number of hydrogen-bond acceptors (Lipinski definition) is 2. The molecule has 0 bridgehead atoms. The summed E-state index contributed by atoms with van der Waals surface area (Å²) in [5.41, 5.74) is 1.18. The zero-order valence-corrected chi connectivity index (χ0v) is 13.1. The molecule has 1 saturated carbocycles. The Balaban J connectivity index is 1.73. The monoisotopic (exact) mass is 316 g/mol. The first kappa shape index (κ1) is 14.4. The molecule has 1 saturated heterocycles.